The summed E-state index contributed by atoms with van der Waals surface area (Å²) < 4.78 is 28.4. The number of hydrogen-bond acceptors (Lipinski definition) is 1. The van der Waals surface area contributed by atoms with Crippen LogP contribution in [0, 0.1) is 21.4 Å². The average Bonchev–Trinajstić information content (AvgIpc) is 2.69. The van der Waals surface area contributed by atoms with E-state index in [4.69, 9.17) is 0 Å². The van der Waals surface area contributed by atoms with E-state index in [1.54, 1.807) is 18.3 Å². The van der Waals surface area contributed by atoms with Gasteiger partial charge in [0.15, 0.2) is 0 Å². The molecule has 2 aromatic rings. The topological polar surface area (TPSA) is 0 Å². The smallest absolute Gasteiger partial charge is 0.128 e. The second kappa shape index (κ2) is 5.32. The summed E-state index contributed by atoms with van der Waals surface area (Å²) in [5.41, 5.74) is 1.61. The van der Waals surface area contributed by atoms with Gasteiger partial charge in [0.05, 0.1) is 7.71 Å². The Bertz CT molecular complexity index is 553. The summed E-state index contributed by atoms with van der Waals surface area (Å²) >= 11 is 7.20. The van der Waals surface area contributed by atoms with E-state index in [-0.39, 0.29) is 16.5 Å². The summed E-state index contributed by atoms with van der Waals surface area (Å²) in [6.07, 6.45) is 0. The van der Waals surface area contributed by atoms with E-state index in [0.717, 1.165) is 8.45 Å². The molecule has 0 aliphatic rings. The molecule has 0 saturated carbocycles. The molecule has 0 nitrogen and oxygen atoms in total. The van der Waals surface area contributed by atoms with Gasteiger partial charge in [-0.3, -0.25) is 0 Å². The van der Waals surface area contributed by atoms with Crippen molar-refractivity contribution in [3.63, 3.8) is 0 Å². The Morgan fingerprint density at radius 3 is 2.53 bits per heavy atom. The number of aryl methyl sites for hydroxylation is 1. The zero-order chi connectivity index (χ0) is 12.6. The Balaban J connectivity index is 2.43. The summed E-state index contributed by atoms with van der Waals surface area (Å²) in [6.45, 7) is 1.55. The lowest BCUT2D eigenvalue weighted by Crippen LogP contribution is -1.98. The van der Waals surface area contributed by atoms with Crippen LogP contribution in [-0.2, 0) is 0 Å². The van der Waals surface area contributed by atoms with Crippen LogP contribution >= 0.6 is 49.9 Å². The molecule has 0 bridgehead atoms. The van der Waals surface area contributed by atoms with Crippen LogP contribution in [0.25, 0.3) is 0 Å². The van der Waals surface area contributed by atoms with Gasteiger partial charge in [0.1, 0.15) is 11.6 Å². The predicted molar refractivity (Wildman–Crippen MR) is 78.9 cm³/mol. The van der Waals surface area contributed by atoms with Gasteiger partial charge in [-0.25, -0.2) is 8.78 Å². The third kappa shape index (κ3) is 2.88. The van der Waals surface area contributed by atoms with E-state index in [0.29, 0.717) is 11.1 Å². The van der Waals surface area contributed by atoms with Gasteiger partial charge < -0.3 is 0 Å². The molecule has 90 valence electrons. The van der Waals surface area contributed by atoms with Gasteiger partial charge in [-0.15, -0.1) is 11.3 Å². The van der Waals surface area contributed by atoms with Crippen molar-refractivity contribution in [2.24, 2.45) is 0 Å². The maximum Gasteiger partial charge on any atom is 0.128 e. The number of thiophene rings is 1. The van der Waals surface area contributed by atoms with Crippen molar-refractivity contribution in [1.82, 2.24) is 0 Å². The molecule has 1 unspecified atom stereocenters. The molecule has 0 fully saturated rings. The Labute approximate surface area is 124 Å². The zero-order valence-corrected chi connectivity index (χ0v) is 13.4. The fourth-order valence-corrected chi connectivity index (χ4v) is 3.68. The minimum absolute atomic E-state index is 0.308. The van der Waals surface area contributed by atoms with Crippen molar-refractivity contribution in [2.45, 2.75) is 11.8 Å². The first kappa shape index (κ1) is 13.4. The van der Waals surface area contributed by atoms with Gasteiger partial charge in [-0.2, -0.15) is 0 Å². The molecule has 0 saturated heterocycles. The quantitative estimate of drug-likeness (QED) is 0.442. The van der Waals surface area contributed by atoms with Crippen LogP contribution in [0.4, 0.5) is 8.78 Å². The molecule has 0 aliphatic carbocycles. The van der Waals surface area contributed by atoms with Crippen molar-refractivity contribution >= 4 is 49.9 Å². The highest BCUT2D eigenvalue weighted by atomic mass is 127. The zero-order valence-electron chi connectivity index (χ0n) is 8.81. The number of halogens is 4. The van der Waals surface area contributed by atoms with E-state index < -0.39 is 0 Å². The third-order valence-corrected chi connectivity index (χ3v) is 5.26. The van der Waals surface area contributed by atoms with Gasteiger partial charge in [0.25, 0.3) is 0 Å². The summed E-state index contributed by atoms with van der Waals surface area (Å²) in [5, 5.41) is 1.94. The molecular formula is C12H8BrF2IS. The van der Waals surface area contributed by atoms with E-state index in [1.165, 1.54) is 12.1 Å². The molecule has 0 spiro atoms. The molecule has 1 heterocycles. The lowest BCUT2D eigenvalue weighted by atomic mass is 10.0. The number of hydrogen-bond donors (Lipinski definition) is 0. The number of alkyl halides is 1. The normalized spacial score (nSPS) is 12.8. The minimum atomic E-state index is -0.382. The van der Waals surface area contributed by atoms with Crippen molar-refractivity contribution in [2.75, 3.05) is 0 Å². The summed E-state index contributed by atoms with van der Waals surface area (Å²) in [7, 11) is 0. The molecule has 5 heteroatoms. The molecule has 0 N–H and O–H groups in total. The molecule has 1 atom stereocenters. The molecule has 17 heavy (non-hydrogen) atoms. The van der Waals surface area contributed by atoms with E-state index in [1.807, 2.05) is 11.4 Å². The molecule has 2 rings (SSSR count). The van der Waals surface area contributed by atoms with Crippen LogP contribution in [0.2, 0.25) is 0 Å². The molecule has 0 radical (unpaired) electrons. The van der Waals surface area contributed by atoms with Crippen LogP contribution in [0.1, 0.15) is 21.5 Å². The number of benzene rings is 1. The largest absolute Gasteiger partial charge is 0.207 e. The first-order valence-corrected chi connectivity index (χ1v) is 7.70. The highest BCUT2D eigenvalue weighted by Gasteiger charge is 2.18. The van der Waals surface area contributed by atoms with Crippen LogP contribution in [0.5, 0.6) is 0 Å². The molecule has 0 amide bonds. The third-order valence-electron chi connectivity index (χ3n) is 2.43. The Hall–Kier alpha value is -0.0100. The van der Waals surface area contributed by atoms with Gasteiger partial charge in [0.2, 0.25) is 0 Å². The Morgan fingerprint density at radius 1 is 1.24 bits per heavy atom. The summed E-state index contributed by atoms with van der Waals surface area (Å²) in [6, 6.07) is 4.45. The fourth-order valence-electron chi connectivity index (χ4n) is 1.49. The first-order valence-electron chi connectivity index (χ1n) is 4.82. The van der Waals surface area contributed by atoms with Crippen LogP contribution in [-0.4, -0.2) is 0 Å². The second-order valence-electron chi connectivity index (χ2n) is 3.67. The lowest BCUT2D eigenvalue weighted by molar-refractivity contribution is 0.581. The monoisotopic (exact) mass is 428 g/mol. The molecule has 1 aromatic heterocycles. The van der Waals surface area contributed by atoms with Crippen LogP contribution in [0.15, 0.2) is 23.6 Å². The van der Waals surface area contributed by atoms with Gasteiger partial charge in [0, 0.05) is 5.56 Å². The minimum Gasteiger partial charge on any atom is -0.207 e. The maximum atomic E-state index is 13.8. The Morgan fingerprint density at radius 2 is 1.94 bits per heavy atom. The molecule has 0 aliphatic heterocycles. The van der Waals surface area contributed by atoms with Gasteiger partial charge >= 0.3 is 0 Å². The summed E-state index contributed by atoms with van der Waals surface area (Å²) in [4.78, 5) is -0.308. The van der Waals surface area contributed by atoms with Crippen molar-refractivity contribution in [3.05, 3.63) is 54.8 Å². The van der Waals surface area contributed by atoms with Crippen molar-refractivity contribution in [3.8, 4) is 0 Å². The van der Waals surface area contributed by atoms with Gasteiger partial charge in [-0.05, 0) is 64.2 Å². The summed E-state index contributed by atoms with van der Waals surface area (Å²) in [5.74, 6) is -0.761. The van der Waals surface area contributed by atoms with Crippen LogP contribution in [0.3, 0.4) is 0 Å². The number of rotatable bonds is 2. The van der Waals surface area contributed by atoms with Crippen molar-refractivity contribution in [1.29, 1.82) is 0 Å². The first-order chi connectivity index (χ1) is 7.99. The standard InChI is InChI=1S/C12H8BrF2IS/c1-6-2-10(15)8(4-9(6)14)12(13)7-3-11(16)17-5-7/h2-5,12H,1H3. The highest BCUT2D eigenvalue weighted by molar-refractivity contribution is 14.1. The average molecular weight is 429 g/mol. The second-order valence-corrected chi connectivity index (χ2v) is 7.39. The Kier molecular flexibility index (Phi) is 4.20. The van der Waals surface area contributed by atoms with Gasteiger partial charge in [-0.1, -0.05) is 15.9 Å². The van der Waals surface area contributed by atoms with E-state index in [9.17, 15) is 8.78 Å². The lowest BCUT2D eigenvalue weighted by Gasteiger charge is -2.11. The molecular weight excluding hydrogens is 421 g/mol. The van der Waals surface area contributed by atoms with Crippen LogP contribution < -0.4 is 0 Å². The molecule has 1 aromatic carbocycles. The maximum absolute atomic E-state index is 13.8. The fraction of sp³-hybridized carbons (Fsp3) is 0.167. The predicted octanol–water partition coefficient (Wildman–Crippen LogP) is 5.42. The van der Waals surface area contributed by atoms with E-state index in [2.05, 4.69) is 38.5 Å². The SMILES string of the molecule is Cc1cc(F)c(C(Br)c2csc(I)c2)cc1F. The highest BCUT2D eigenvalue weighted by Crippen LogP contribution is 2.36. The van der Waals surface area contributed by atoms with Crippen molar-refractivity contribution < 1.29 is 8.78 Å². The van der Waals surface area contributed by atoms with E-state index >= 15 is 0 Å².